The molecular weight excluding hydrogens is 316 g/mol. The summed E-state index contributed by atoms with van der Waals surface area (Å²) in [6.45, 7) is 4.06. The lowest BCUT2D eigenvalue weighted by Gasteiger charge is -2.19. The second-order valence-electron chi connectivity index (χ2n) is 6.99. The Hall–Kier alpha value is -2.30. The van der Waals surface area contributed by atoms with Crippen molar-refractivity contribution in [2.24, 2.45) is 5.92 Å². The molecule has 2 saturated carbocycles. The molecule has 1 heterocycles. The molecule has 0 radical (unpaired) electrons. The molecule has 1 aromatic heterocycles. The molecule has 2 fully saturated rings. The van der Waals surface area contributed by atoms with Crippen LogP contribution in [0, 0.1) is 12.8 Å². The van der Waals surface area contributed by atoms with Gasteiger partial charge >= 0.3 is 0 Å². The van der Waals surface area contributed by atoms with Crippen molar-refractivity contribution in [3.8, 4) is 23.1 Å². The van der Waals surface area contributed by atoms with Crippen molar-refractivity contribution in [1.29, 1.82) is 0 Å². The van der Waals surface area contributed by atoms with Gasteiger partial charge in [-0.05, 0) is 57.6 Å². The molecule has 0 bridgehead atoms. The predicted octanol–water partition coefficient (Wildman–Crippen LogP) is 4.64. The van der Waals surface area contributed by atoms with E-state index in [-0.39, 0.29) is 6.10 Å². The summed E-state index contributed by atoms with van der Waals surface area (Å²) in [6, 6.07) is 7.58. The topological polar surface area (TPSA) is 53.5 Å². The molecule has 0 amide bonds. The van der Waals surface area contributed by atoms with Crippen molar-refractivity contribution < 1.29 is 14.2 Å². The van der Waals surface area contributed by atoms with E-state index in [9.17, 15) is 0 Å². The quantitative estimate of drug-likeness (QED) is 0.735. The summed E-state index contributed by atoms with van der Waals surface area (Å²) in [6.07, 6.45) is 4.90. The average Bonchev–Trinajstić information content (AvgIpc) is 3.50. The Labute approximate surface area is 148 Å². The summed E-state index contributed by atoms with van der Waals surface area (Å²) in [5, 5.41) is 0. The lowest BCUT2D eigenvalue weighted by Crippen LogP contribution is -2.16. The first kappa shape index (κ1) is 16.2. The van der Waals surface area contributed by atoms with E-state index in [1.54, 1.807) is 7.11 Å². The number of aryl methyl sites for hydroxylation is 1. The molecule has 1 unspecified atom stereocenters. The Morgan fingerprint density at radius 3 is 2.40 bits per heavy atom. The number of para-hydroxylation sites is 2. The minimum absolute atomic E-state index is 0.140. The van der Waals surface area contributed by atoms with E-state index in [4.69, 9.17) is 19.2 Å². The van der Waals surface area contributed by atoms with Gasteiger partial charge < -0.3 is 14.2 Å². The fourth-order valence-corrected chi connectivity index (χ4v) is 2.93. The van der Waals surface area contributed by atoms with Crippen molar-refractivity contribution in [2.75, 3.05) is 7.11 Å². The standard InChI is InChI=1S/C20H24N2O3/c1-12-18(25-17-7-5-4-6-16(17)23-3)20(24-13(2)14-8-9-14)22-19(21-12)15-10-11-15/h4-7,13-15H,8-11H2,1-3H3. The maximum Gasteiger partial charge on any atom is 0.261 e. The Morgan fingerprint density at radius 2 is 1.76 bits per heavy atom. The van der Waals surface area contributed by atoms with Crippen molar-refractivity contribution in [3.05, 3.63) is 35.8 Å². The zero-order valence-corrected chi connectivity index (χ0v) is 15.0. The number of benzene rings is 1. The number of methoxy groups -OCH3 is 1. The third kappa shape index (κ3) is 3.55. The molecule has 132 valence electrons. The lowest BCUT2D eigenvalue weighted by molar-refractivity contribution is 0.181. The Balaban J connectivity index is 1.68. The van der Waals surface area contributed by atoms with E-state index in [0.717, 1.165) is 24.4 Å². The van der Waals surface area contributed by atoms with Crippen LogP contribution in [0.1, 0.15) is 50.0 Å². The molecule has 1 atom stereocenters. The summed E-state index contributed by atoms with van der Waals surface area (Å²) in [5.41, 5.74) is 0.806. The molecule has 5 nitrogen and oxygen atoms in total. The second-order valence-corrected chi connectivity index (χ2v) is 6.99. The lowest BCUT2D eigenvalue weighted by atomic mass is 10.2. The molecule has 2 aliphatic carbocycles. The summed E-state index contributed by atoms with van der Waals surface area (Å²) in [7, 11) is 1.63. The SMILES string of the molecule is COc1ccccc1Oc1c(C)nc(C2CC2)nc1OC(C)C1CC1. The largest absolute Gasteiger partial charge is 0.493 e. The van der Waals surface area contributed by atoms with Gasteiger partial charge in [-0.15, -0.1) is 0 Å². The minimum Gasteiger partial charge on any atom is -0.493 e. The van der Waals surface area contributed by atoms with Crippen molar-refractivity contribution in [2.45, 2.75) is 51.6 Å². The average molecular weight is 340 g/mol. The van der Waals surface area contributed by atoms with Gasteiger partial charge in [-0.2, -0.15) is 4.98 Å². The highest BCUT2D eigenvalue weighted by molar-refractivity contribution is 5.47. The first-order chi connectivity index (χ1) is 12.2. The molecule has 2 aromatic rings. The third-order valence-corrected chi connectivity index (χ3v) is 4.83. The normalized spacial score (nSPS) is 17.9. The number of ether oxygens (including phenoxy) is 3. The molecular formula is C20H24N2O3. The zero-order valence-electron chi connectivity index (χ0n) is 15.0. The van der Waals surface area contributed by atoms with Crippen LogP contribution in [0.15, 0.2) is 24.3 Å². The van der Waals surface area contributed by atoms with E-state index < -0.39 is 0 Å². The van der Waals surface area contributed by atoms with E-state index >= 15 is 0 Å². The van der Waals surface area contributed by atoms with Gasteiger partial charge in [0.25, 0.3) is 5.88 Å². The highest BCUT2D eigenvalue weighted by atomic mass is 16.5. The van der Waals surface area contributed by atoms with E-state index in [2.05, 4.69) is 11.9 Å². The smallest absolute Gasteiger partial charge is 0.261 e. The van der Waals surface area contributed by atoms with Crippen LogP contribution in [0.3, 0.4) is 0 Å². The monoisotopic (exact) mass is 340 g/mol. The number of hydrogen-bond acceptors (Lipinski definition) is 5. The molecule has 0 N–H and O–H groups in total. The van der Waals surface area contributed by atoms with Crippen LogP contribution in [0.25, 0.3) is 0 Å². The van der Waals surface area contributed by atoms with Gasteiger partial charge in [-0.1, -0.05) is 12.1 Å². The summed E-state index contributed by atoms with van der Waals surface area (Å²) in [5.74, 6) is 4.43. The first-order valence-electron chi connectivity index (χ1n) is 9.01. The highest BCUT2D eigenvalue weighted by Crippen LogP contribution is 2.44. The maximum atomic E-state index is 6.20. The fraction of sp³-hybridized carbons (Fsp3) is 0.500. The van der Waals surface area contributed by atoms with E-state index in [1.165, 1.54) is 12.8 Å². The van der Waals surface area contributed by atoms with Crippen LogP contribution in [0.5, 0.6) is 23.1 Å². The van der Waals surface area contributed by atoms with Crippen molar-refractivity contribution in [1.82, 2.24) is 9.97 Å². The van der Waals surface area contributed by atoms with Gasteiger partial charge in [0, 0.05) is 5.92 Å². The Kier molecular flexibility index (Phi) is 4.24. The molecule has 25 heavy (non-hydrogen) atoms. The fourth-order valence-electron chi connectivity index (χ4n) is 2.93. The van der Waals surface area contributed by atoms with Crippen LogP contribution >= 0.6 is 0 Å². The molecule has 1 aromatic carbocycles. The van der Waals surface area contributed by atoms with Gasteiger partial charge in [0.2, 0.25) is 5.75 Å². The van der Waals surface area contributed by atoms with Crippen molar-refractivity contribution >= 4 is 0 Å². The highest BCUT2D eigenvalue weighted by Gasteiger charge is 2.33. The molecule has 0 spiro atoms. The number of aromatic nitrogens is 2. The maximum absolute atomic E-state index is 6.20. The van der Waals surface area contributed by atoms with Gasteiger partial charge in [-0.25, -0.2) is 4.98 Å². The minimum atomic E-state index is 0.140. The van der Waals surface area contributed by atoms with Crippen LogP contribution < -0.4 is 14.2 Å². The van der Waals surface area contributed by atoms with Gasteiger partial charge in [0.05, 0.1) is 12.8 Å². The second kappa shape index (κ2) is 6.54. The molecule has 4 rings (SSSR count). The van der Waals surface area contributed by atoms with E-state index in [1.807, 2.05) is 31.2 Å². The predicted molar refractivity (Wildman–Crippen MR) is 94.6 cm³/mol. The summed E-state index contributed by atoms with van der Waals surface area (Å²) >= 11 is 0. The number of rotatable bonds is 7. The molecule has 0 aliphatic heterocycles. The molecule has 5 heteroatoms. The van der Waals surface area contributed by atoms with Crippen molar-refractivity contribution in [3.63, 3.8) is 0 Å². The first-order valence-corrected chi connectivity index (χ1v) is 9.01. The van der Waals surface area contributed by atoms with Gasteiger partial charge in [-0.3, -0.25) is 0 Å². The van der Waals surface area contributed by atoms with Gasteiger partial charge in [0.15, 0.2) is 11.5 Å². The Bertz CT molecular complexity index is 770. The van der Waals surface area contributed by atoms with Crippen LogP contribution in [0.2, 0.25) is 0 Å². The van der Waals surface area contributed by atoms with Crippen LogP contribution in [0.4, 0.5) is 0 Å². The zero-order chi connectivity index (χ0) is 17.4. The van der Waals surface area contributed by atoms with Crippen LogP contribution in [-0.4, -0.2) is 23.2 Å². The molecule has 0 saturated heterocycles. The van der Waals surface area contributed by atoms with E-state index in [0.29, 0.717) is 35.0 Å². The number of hydrogen-bond donors (Lipinski definition) is 0. The summed E-state index contributed by atoms with van der Waals surface area (Å²) in [4.78, 5) is 9.36. The molecule has 2 aliphatic rings. The van der Waals surface area contributed by atoms with Gasteiger partial charge in [0.1, 0.15) is 11.9 Å². The number of nitrogens with zero attached hydrogens (tertiary/aromatic N) is 2. The third-order valence-electron chi connectivity index (χ3n) is 4.83. The summed E-state index contributed by atoms with van der Waals surface area (Å²) < 4.78 is 17.7. The Morgan fingerprint density at radius 1 is 1.04 bits per heavy atom. The van der Waals surface area contributed by atoms with Crippen LogP contribution in [-0.2, 0) is 0 Å².